The molecule has 0 aromatic rings. The summed E-state index contributed by atoms with van der Waals surface area (Å²) < 4.78 is 9.99. The fraction of sp³-hybridized carbons (Fsp3) is 0.818. The monoisotopic (exact) mass is 810 g/mol. The van der Waals surface area contributed by atoms with E-state index < -0.39 is 12.2 Å². The predicted molar refractivity (Wildman–Crippen MR) is 200 cm³/mol. The van der Waals surface area contributed by atoms with E-state index in [0.29, 0.717) is 54.8 Å². The predicted octanol–water partition coefficient (Wildman–Crippen LogP) is 5.25. The van der Waals surface area contributed by atoms with Crippen molar-refractivity contribution in [2.75, 3.05) is 92.3 Å². The van der Waals surface area contributed by atoms with Gasteiger partial charge >= 0.3 is 12.2 Å². The lowest BCUT2D eigenvalue weighted by atomic mass is 10.5. The quantitative estimate of drug-likeness (QED) is 0.0165. The molecule has 0 aliphatic heterocycles. The first-order valence-electron chi connectivity index (χ1n) is 13.0. The number of aliphatic hydroxyl groups is 2. The van der Waals surface area contributed by atoms with E-state index in [2.05, 4.69) is 20.6 Å². The molecule has 0 aliphatic carbocycles. The summed E-state index contributed by atoms with van der Waals surface area (Å²) in [7, 11) is 0. The molecular formula is C22H42N4O10S9. The molecule has 0 radical (unpaired) electrons. The number of nitrogens with zero attached hydrogens (tertiary/aromatic N) is 2. The third-order valence-electron chi connectivity index (χ3n) is 3.67. The highest BCUT2D eigenvalue weighted by Gasteiger charge is 2.02. The standard InChI is InChI=1S/C22H42N4O10S9/c27-3-1-5-31-21(29)25-11-39-17-43-15-37-10-24-8-35-36-14-42-20-45-18-40-12-26-22(30)32-13-41-19-44-16-38-9-23-7-34-33-6-2-4-28/h7-8,27-28H,1-6,9-20H2,(H,25,29)(H,26,30). The number of rotatable bonds is 34. The van der Waals surface area contributed by atoms with Crippen LogP contribution in [0.15, 0.2) is 9.98 Å². The van der Waals surface area contributed by atoms with Crippen LogP contribution in [0.3, 0.4) is 0 Å². The van der Waals surface area contributed by atoms with E-state index in [1.165, 1.54) is 24.6 Å². The normalized spacial score (nSPS) is 11.2. The molecule has 0 saturated carbocycles. The van der Waals surface area contributed by atoms with Gasteiger partial charge in [0.1, 0.15) is 11.9 Å². The molecule has 4 N–H and O–H groups in total. The molecule has 0 aliphatic rings. The van der Waals surface area contributed by atoms with Gasteiger partial charge in [-0.2, -0.15) is 9.78 Å². The Morgan fingerprint density at radius 3 is 1.67 bits per heavy atom. The number of ether oxygens (including phenoxy) is 2. The number of nitrogens with one attached hydrogen (secondary N) is 2. The zero-order valence-corrected chi connectivity index (χ0v) is 32.0. The van der Waals surface area contributed by atoms with E-state index in [1.807, 2.05) is 0 Å². The zero-order valence-electron chi connectivity index (χ0n) is 24.6. The highest BCUT2D eigenvalue weighted by Crippen LogP contribution is 2.19. The first kappa shape index (κ1) is 45.5. The molecule has 0 rings (SSSR count). The summed E-state index contributed by atoms with van der Waals surface area (Å²) in [5, 5.41) is 27.6. The number of thioether (sulfide) groups is 9. The molecule has 0 saturated heterocycles. The van der Waals surface area contributed by atoms with Crippen molar-refractivity contribution in [3.63, 3.8) is 0 Å². The molecule has 2 amide bonds. The topological polar surface area (TPSA) is 179 Å². The Balaban J connectivity index is 3.25. The molecule has 264 valence electrons. The highest BCUT2D eigenvalue weighted by atomic mass is 32.2. The third-order valence-corrected chi connectivity index (χ3v) is 13.6. The Hall–Kier alpha value is 0.470. The highest BCUT2D eigenvalue weighted by molar-refractivity contribution is 8.23. The average Bonchev–Trinajstić information content (AvgIpc) is 3.04. The maximum atomic E-state index is 11.7. The van der Waals surface area contributed by atoms with Crippen molar-refractivity contribution in [1.82, 2.24) is 10.6 Å². The van der Waals surface area contributed by atoms with Gasteiger partial charge in [-0.15, -0.1) is 106 Å². The minimum Gasteiger partial charge on any atom is -0.449 e. The zero-order chi connectivity index (χ0) is 32.7. The van der Waals surface area contributed by atoms with Crippen molar-refractivity contribution in [2.45, 2.75) is 12.8 Å². The summed E-state index contributed by atoms with van der Waals surface area (Å²) in [6, 6.07) is 0. The van der Waals surface area contributed by atoms with Gasteiger partial charge in [0.25, 0.3) is 0 Å². The van der Waals surface area contributed by atoms with Crippen LogP contribution in [0.2, 0.25) is 0 Å². The van der Waals surface area contributed by atoms with Gasteiger partial charge in [0.2, 0.25) is 12.8 Å². The molecular weight excluding hydrogens is 769 g/mol. The van der Waals surface area contributed by atoms with Crippen LogP contribution in [0.5, 0.6) is 0 Å². The van der Waals surface area contributed by atoms with Crippen molar-refractivity contribution >= 4 is 131 Å². The summed E-state index contributed by atoms with van der Waals surface area (Å²) >= 11 is 14.7. The Labute approximate surface area is 303 Å². The second-order valence-corrected chi connectivity index (χ2v) is 18.0. The Morgan fingerprint density at radius 2 is 1.07 bits per heavy atom. The number of carbonyl (C=O) groups is 2. The molecule has 0 spiro atoms. The number of amides is 2. The van der Waals surface area contributed by atoms with Gasteiger partial charge in [0.15, 0.2) is 0 Å². The van der Waals surface area contributed by atoms with E-state index in [9.17, 15) is 9.59 Å². The number of alkyl carbamates (subject to hydrolysis) is 2. The van der Waals surface area contributed by atoms with Crippen LogP contribution in [0.4, 0.5) is 9.59 Å². The summed E-state index contributed by atoms with van der Waals surface area (Å²) in [5.74, 6) is 2.77. The van der Waals surface area contributed by atoms with Crippen LogP contribution in [0.1, 0.15) is 12.8 Å². The summed E-state index contributed by atoms with van der Waals surface area (Å²) in [4.78, 5) is 50.5. The lowest BCUT2D eigenvalue weighted by molar-refractivity contribution is -0.217. The van der Waals surface area contributed by atoms with Crippen LogP contribution in [0.25, 0.3) is 0 Å². The van der Waals surface area contributed by atoms with Crippen LogP contribution >= 0.6 is 106 Å². The van der Waals surface area contributed by atoms with E-state index in [0.717, 1.165) is 30.5 Å². The fourth-order valence-electron chi connectivity index (χ4n) is 1.85. The minimum atomic E-state index is -0.467. The molecule has 0 fully saturated rings. The van der Waals surface area contributed by atoms with Crippen molar-refractivity contribution in [1.29, 1.82) is 0 Å². The fourth-order valence-corrected chi connectivity index (χ4v) is 10.2. The lowest BCUT2D eigenvalue weighted by Gasteiger charge is -2.06. The number of hydrogen-bond donors (Lipinski definition) is 4. The van der Waals surface area contributed by atoms with Crippen molar-refractivity contribution in [3.05, 3.63) is 0 Å². The van der Waals surface area contributed by atoms with Crippen LogP contribution in [0, 0.1) is 0 Å². The summed E-state index contributed by atoms with van der Waals surface area (Å²) in [6.07, 6.45) is 2.61. The molecule has 23 heteroatoms. The molecule has 0 heterocycles. The maximum Gasteiger partial charge on any atom is 0.408 e. The van der Waals surface area contributed by atoms with E-state index in [-0.39, 0.29) is 19.8 Å². The van der Waals surface area contributed by atoms with E-state index in [1.54, 1.807) is 94.1 Å². The average molecular weight is 811 g/mol. The lowest BCUT2D eigenvalue weighted by Crippen LogP contribution is -2.24. The van der Waals surface area contributed by atoms with Gasteiger partial charge in [-0.1, -0.05) is 0 Å². The van der Waals surface area contributed by atoms with Gasteiger partial charge in [0, 0.05) is 50.1 Å². The smallest absolute Gasteiger partial charge is 0.408 e. The molecule has 0 unspecified atom stereocenters. The van der Waals surface area contributed by atoms with E-state index >= 15 is 0 Å². The number of carbonyl (C=O) groups excluding carboxylic acids is 2. The van der Waals surface area contributed by atoms with Gasteiger partial charge in [-0.3, -0.25) is 0 Å². The van der Waals surface area contributed by atoms with E-state index in [4.69, 9.17) is 39.2 Å². The summed E-state index contributed by atoms with van der Waals surface area (Å²) in [6.45, 7) is 0.613. The van der Waals surface area contributed by atoms with Crippen molar-refractivity contribution in [2.24, 2.45) is 9.98 Å². The van der Waals surface area contributed by atoms with Crippen LogP contribution < -0.4 is 10.6 Å². The number of aliphatic hydroxyl groups excluding tert-OH is 2. The van der Waals surface area contributed by atoms with Crippen LogP contribution in [-0.2, 0) is 29.0 Å². The SMILES string of the molecule is O=C(NCSCSCSCN=COOCSCSCSCNC(=O)OCSCSCSCN=COOCCCO)OCCCO. The van der Waals surface area contributed by atoms with Crippen molar-refractivity contribution < 1.29 is 48.8 Å². The first-order chi connectivity index (χ1) is 22.2. The summed E-state index contributed by atoms with van der Waals surface area (Å²) in [5.41, 5.74) is 0. The molecule has 0 aromatic heterocycles. The van der Waals surface area contributed by atoms with Gasteiger partial charge in [0.05, 0.1) is 36.7 Å². The Bertz CT molecular complexity index is 728. The first-order valence-corrected chi connectivity index (χ1v) is 23.4. The molecule has 14 nitrogen and oxygen atoms in total. The Kier molecular flexibility index (Phi) is 41.1. The molecule has 0 aromatic carbocycles. The maximum absolute atomic E-state index is 11.7. The molecule has 45 heavy (non-hydrogen) atoms. The molecule has 0 bridgehead atoms. The van der Waals surface area contributed by atoms with Gasteiger partial charge < -0.3 is 40.1 Å². The van der Waals surface area contributed by atoms with Gasteiger partial charge in [-0.25, -0.2) is 19.6 Å². The third kappa shape index (κ3) is 40.6. The van der Waals surface area contributed by atoms with Crippen molar-refractivity contribution in [3.8, 4) is 0 Å². The second-order valence-electron chi connectivity index (χ2n) is 7.11. The number of aliphatic imine (C=N–C) groups is 2. The second kappa shape index (κ2) is 40.6. The molecule has 0 atom stereocenters. The number of hydrogen-bond acceptors (Lipinski definition) is 21. The van der Waals surface area contributed by atoms with Crippen LogP contribution in [-0.4, -0.2) is 128 Å². The van der Waals surface area contributed by atoms with Gasteiger partial charge in [-0.05, 0) is 6.42 Å². The minimum absolute atomic E-state index is 0.00481. The largest absolute Gasteiger partial charge is 0.449 e. The Morgan fingerprint density at radius 1 is 0.578 bits per heavy atom.